The Morgan fingerprint density at radius 2 is 2.24 bits per heavy atom. The molecular formula is C15H15ClFNO2S. The molecule has 2 N–H and O–H groups in total. The van der Waals surface area contributed by atoms with Crippen LogP contribution >= 0.6 is 22.9 Å². The maximum Gasteiger partial charge on any atom is 0.220 e. The molecule has 0 fully saturated rings. The number of carbonyl (C=O) groups excluding carboxylic acids is 1. The van der Waals surface area contributed by atoms with Crippen LogP contribution in [0.4, 0.5) is 4.39 Å². The van der Waals surface area contributed by atoms with Crippen molar-refractivity contribution in [2.45, 2.75) is 18.9 Å². The van der Waals surface area contributed by atoms with Crippen LogP contribution in [0.25, 0.3) is 0 Å². The number of hydrogen-bond donors (Lipinski definition) is 2. The monoisotopic (exact) mass is 327 g/mol. The molecule has 0 spiro atoms. The van der Waals surface area contributed by atoms with Crippen LogP contribution in [-0.4, -0.2) is 17.6 Å². The van der Waals surface area contributed by atoms with E-state index in [1.165, 1.54) is 18.2 Å². The maximum absolute atomic E-state index is 13.3. The van der Waals surface area contributed by atoms with E-state index in [0.717, 1.165) is 4.88 Å². The van der Waals surface area contributed by atoms with Crippen molar-refractivity contribution in [3.63, 3.8) is 0 Å². The van der Waals surface area contributed by atoms with Gasteiger partial charge in [-0.25, -0.2) is 4.39 Å². The topological polar surface area (TPSA) is 49.3 Å². The molecule has 0 aliphatic heterocycles. The van der Waals surface area contributed by atoms with Gasteiger partial charge in [0.1, 0.15) is 5.82 Å². The Balaban J connectivity index is 1.78. The van der Waals surface area contributed by atoms with Crippen molar-refractivity contribution >= 4 is 28.8 Å². The van der Waals surface area contributed by atoms with Gasteiger partial charge in [0.05, 0.1) is 11.1 Å². The number of nitrogens with one attached hydrogen (secondary N) is 1. The average molecular weight is 328 g/mol. The number of rotatable bonds is 6. The first-order valence-corrected chi connectivity index (χ1v) is 7.74. The quantitative estimate of drug-likeness (QED) is 0.855. The average Bonchev–Trinajstić information content (AvgIpc) is 2.98. The third kappa shape index (κ3) is 4.81. The van der Waals surface area contributed by atoms with Gasteiger partial charge in [0, 0.05) is 17.8 Å². The molecule has 2 rings (SSSR count). The first kappa shape index (κ1) is 15.9. The van der Waals surface area contributed by atoms with Crippen LogP contribution in [0.2, 0.25) is 5.02 Å². The zero-order valence-electron chi connectivity index (χ0n) is 11.2. The highest BCUT2D eigenvalue weighted by Gasteiger charge is 2.12. The van der Waals surface area contributed by atoms with Crippen LogP contribution in [-0.2, 0) is 11.2 Å². The summed E-state index contributed by atoms with van der Waals surface area (Å²) in [6, 6.07) is 8.01. The van der Waals surface area contributed by atoms with Crippen LogP contribution in [0.3, 0.4) is 0 Å². The lowest BCUT2D eigenvalue weighted by Gasteiger charge is -2.12. The van der Waals surface area contributed by atoms with Gasteiger partial charge < -0.3 is 10.4 Å². The summed E-state index contributed by atoms with van der Waals surface area (Å²) in [7, 11) is 0. The van der Waals surface area contributed by atoms with E-state index in [1.807, 2.05) is 17.5 Å². The molecule has 0 aliphatic rings. The molecule has 0 radical (unpaired) electrons. The Bertz CT molecular complexity index is 604. The van der Waals surface area contributed by atoms with Gasteiger partial charge in [0.15, 0.2) is 0 Å². The molecule has 0 aliphatic carbocycles. The number of halogens is 2. The lowest BCUT2D eigenvalue weighted by molar-refractivity contribution is -0.121. The fourth-order valence-corrected chi connectivity index (χ4v) is 2.65. The highest BCUT2D eigenvalue weighted by atomic mass is 35.5. The highest BCUT2D eigenvalue weighted by Crippen LogP contribution is 2.20. The van der Waals surface area contributed by atoms with Gasteiger partial charge in [-0.2, -0.15) is 0 Å². The van der Waals surface area contributed by atoms with Crippen molar-refractivity contribution in [1.82, 2.24) is 5.32 Å². The van der Waals surface area contributed by atoms with Gasteiger partial charge in [-0.05, 0) is 35.6 Å². The second kappa shape index (κ2) is 7.54. The molecule has 21 heavy (non-hydrogen) atoms. The minimum atomic E-state index is -0.956. The van der Waals surface area contributed by atoms with Crippen molar-refractivity contribution in [3.05, 3.63) is 57.0 Å². The van der Waals surface area contributed by atoms with E-state index in [4.69, 9.17) is 11.6 Å². The Morgan fingerprint density at radius 3 is 2.90 bits per heavy atom. The second-order valence-electron chi connectivity index (χ2n) is 4.57. The van der Waals surface area contributed by atoms with E-state index >= 15 is 0 Å². The number of carbonyl (C=O) groups is 1. The number of aliphatic hydroxyl groups is 1. The zero-order chi connectivity index (χ0) is 15.2. The molecule has 112 valence electrons. The highest BCUT2D eigenvalue weighted by molar-refractivity contribution is 7.09. The van der Waals surface area contributed by atoms with Crippen LogP contribution in [0.5, 0.6) is 0 Å². The Kier molecular flexibility index (Phi) is 5.73. The largest absolute Gasteiger partial charge is 0.387 e. The number of benzene rings is 1. The molecule has 1 atom stereocenters. The van der Waals surface area contributed by atoms with Gasteiger partial charge in [0.2, 0.25) is 5.91 Å². The third-order valence-electron chi connectivity index (χ3n) is 3.00. The molecule has 1 heterocycles. The van der Waals surface area contributed by atoms with Crippen molar-refractivity contribution in [1.29, 1.82) is 0 Å². The first-order chi connectivity index (χ1) is 10.1. The number of amides is 1. The van der Waals surface area contributed by atoms with Crippen molar-refractivity contribution in [3.8, 4) is 0 Å². The molecule has 6 heteroatoms. The lowest BCUT2D eigenvalue weighted by atomic mass is 10.1. The second-order valence-corrected chi connectivity index (χ2v) is 6.01. The van der Waals surface area contributed by atoms with Gasteiger partial charge in [-0.15, -0.1) is 11.3 Å². The molecule has 1 amide bonds. The molecule has 0 bridgehead atoms. The van der Waals surface area contributed by atoms with Crippen molar-refractivity contribution in [2.75, 3.05) is 6.54 Å². The summed E-state index contributed by atoms with van der Waals surface area (Å²) in [6.07, 6.45) is 0.0830. The minimum absolute atomic E-state index is 0.00549. The van der Waals surface area contributed by atoms with Crippen molar-refractivity contribution in [2.24, 2.45) is 0 Å². The smallest absolute Gasteiger partial charge is 0.220 e. The van der Waals surface area contributed by atoms with E-state index in [1.54, 1.807) is 11.3 Å². The summed E-state index contributed by atoms with van der Waals surface area (Å²) in [5.74, 6) is -0.728. The Labute approximate surface area is 131 Å². The molecule has 3 nitrogen and oxygen atoms in total. The fraction of sp³-hybridized carbons (Fsp3) is 0.267. The molecule has 0 unspecified atom stereocenters. The van der Waals surface area contributed by atoms with E-state index in [9.17, 15) is 14.3 Å². The fourth-order valence-electron chi connectivity index (χ4n) is 1.83. The van der Waals surface area contributed by atoms with E-state index in [2.05, 4.69) is 5.32 Å². The summed E-state index contributed by atoms with van der Waals surface area (Å²) in [4.78, 5) is 12.8. The number of aliphatic hydroxyl groups excluding tert-OH is 1. The summed E-state index contributed by atoms with van der Waals surface area (Å²) in [6.45, 7) is 0.0460. The molecule has 1 aromatic carbocycles. The Morgan fingerprint density at radius 1 is 1.43 bits per heavy atom. The van der Waals surface area contributed by atoms with E-state index in [-0.39, 0.29) is 17.5 Å². The minimum Gasteiger partial charge on any atom is -0.387 e. The molecular weight excluding hydrogens is 313 g/mol. The summed E-state index contributed by atoms with van der Waals surface area (Å²) in [5.41, 5.74) is 0.385. The van der Waals surface area contributed by atoms with Gasteiger partial charge in [-0.1, -0.05) is 23.7 Å². The molecule has 2 aromatic rings. The summed E-state index contributed by atoms with van der Waals surface area (Å²) < 4.78 is 13.3. The zero-order valence-corrected chi connectivity index (χ0v) is 12.8. The predicted molar refractivity (Wildman–Crippen MR) is 82.0 cm³/mol. The number of thiophene rings is 1. The first-order valence-electron chi connectivity index (χ1n) is 6.48. The predicted octanol–water partition coefficient (Wildman–Crippen LogP) is 3.32. The number of aryl methyl sites for hydroxylation is 1. The van der Waals surface area contributed by atoms with Crippen LogP contribution < -0.4 is 5.32 Å². The standard InChI is InChI=1S/C15H15ClFNO2S/c16-12-5-3-10(8-13(12)17)14(19)9-18-15(20)6-4-11-2-1-7-21-11/h1-3,5,7-8,14,19H,4,6,9H2,(H,18,20)/t14-/m1/s1. The number of hydrogen-bond acceptors (Lipinski definition) is 3. The van der Waals surface area contributed by atoms with Crippen molar-refractivity contribution < 1.29 is 14.3 Å². The van der Waals surface area contributed by atoms with Gasteiger partial charge in [-0.3, -0.25) is 4.79 Å². The SMILES string of the molecule is O=C(CCc1cccs1)NC[C@@H](O)c1ccc(Cl)c(F)c1. The van der Waals surface area contributed by atoms with E-state index in [0.29, 0.717) is 18.4 Å². The Hall–Kier alpha value is -1.43. The van der Waals surface area contributed by atoms with Gasteiger partial charge in [0.25, 0.3) is 0 Å². The third-order valence-corrected chi connectivity index (χ3v) is 4.24. The van der Waals surface area contributed by atoms with E-state index < -0.39 is 11.9 Å². The van der Waals surface area contributed by atoms with Crippen LogP contribution in [0, 0.1) is 5.82 Å². The molecule has 0 saturated carbocycles. The van der Waals surface area contributed by atoms with Crippen LogP contribution in [0.1, 0.15) is 23.0 Å². The van der Waals surface area contributed by atoms with Crippen LogP contribution in [0.15, 0.2) is 35.7 Å². The molecule has 0 saturated heterocycles. The summed E-state index contributed by atoms with van der Waals surface area (Å²) in [5, 5.41) is 14.5. The lowest BCUT2D eigenvalue weighted by Crippen LogP contribution is -2.28. The molecule has 1 aromatic heterocycles. The normalized spacial score (nSPS) is 12.1. The van der Waals surface area contributed by atoms with Gasteiger partial charge >= 0.3 is 0 Å². The summed E-state index contributed by atoms with van der Waals surface area (Å²) >= 11 is 7.18. The maximum atomic E-state index is 13.3.